The lowest BCUT2D eigenvalue weighted by molar-refractivity contribution is -0.130. The highest BCUT2D eigenvalue weighted by atomic mass is 19.1. The van der Waals surface area contributed by atoms with Gasteiger partial charge < -0.3 is 29.4 Å². The van der Waals surface area contributed by atoms with Gasteiger partial charge in [-0.15, -0.1) is 0 Å². The minimum absolute atomic E-state index is 0.0832. The summed E-state index contributed by atoms with van der Waals surface area (Å²) in [5.41, 5.74) is 0.542. The van der Waals surface area contributed by atoms with E-state index in [1.54, 1.807) is 26.2 Å². The van der Waals surface area contributed by atoms with E-state index in [2.05, 4.69) is 10.3 Å². The number of benzene rings is 1. The third-order valence-corrected chi connectivity index (χ3v) is 5.36. The van der Waals surface area contributed by atoms with Gasteiger partial charge in [-0.3, -0.25) is 19.4 Å². The first-order valence-corrected chi connectivity index (χ1v) is 10.7. The molecule has 2 heterocycles. The Hall–Kier alpha value is -3.99. The summed E-state index contributed by atoms with van der Waals surface area (Å²) < 4.78 is 25.5. The number of aromatic hydroxyl groups is 1. The lowest BCUT2D eigenvalue weighted by Crippen LogP contribution is -2.34. The Morgan fingerprint density at radius 2 is 2.00 bits per heavy atom. The van der Waals surface area contributed by atoms with Crippen molar-refractivity contribution in [1.29, 1.82) is 0 Å². The molecule has 0 aliphatic carbocycles. The molecule has 2 N–H and O–H groups in total. The minimum Gasteiger partial charge on any atom is -0.505 e. The molecule has 0 bridgehead atoms. The summed E-state index contributed by atoms with van der Waals surface area (Å²) >= 11 is 0. The topological polar surface area (TPSA) is 123 Å². The van der Waals surface area contributed by atoms with E-state index >= 15 is 0 Å². The monoisotopic (exact) mass is 486 g/mol. The molecule has 0 atom stereocenters. The number of methoxy groups -OCH3 is 1. The van der Waals surface area contributed by atoms with Crippen molar-refractivity contribution in [3.8, 4) is 11.5 Å². The van der Waals surface area contributed by atoms with E-state index in [-0.39, 0.29) is 43.4 Å². The molecule has 2 amide bonds. The number of carbonyl (C=O) groups excluding carboxylic acids is 2. The molecule has 0 saturated carbocycles. The van der Waals surface area contributed by atoms with Gasteiger partial charge in [-0.2, -0.15) is 0 Å². The first-order chi connectivity index (χ1) is 16.6. The van der Waals surface area contributed by atoms with E-state index in [0.717, 1.165) is 0 Å². The fourth-order valence-electron chi connectivity index (χ4n) is 3.38. The number of hydrogen-bond acceptors (Lipinski definition) is 7. The Morgan fingerprint density at radius 3 is 2.69 bits per heavy atom. The highest BCUT2D eigenvalue weighted by molar-refractivity contribution is 6.01. The van der Waals surface area contributed by atoms with Crippen LogP contribution in [-0.2, 0) is 23.0 Å². The summed E-state index contributed by atoms with van der Waals surface area (Å²) in [6.07, 6.45) is 1.74. The van der Waals surface area contributed by atoms with E-state index < -0.39 is 28.6 Å². The Kier molecular flexibility index (Phi) is 8.02. The van der Waals surface area contributed by atoms with Gasteiger partial charge >= 0.3 is 0 Å². The lowest BCUT2D eigenvalue weighted by atomic mass is 10.0. The van der Waals surface area contributed by atoms with E-state index in [4.69, 9.17) is 9.47 Å². The smallest absolute Gasteiger partial charge is 0.267 e. The van der Waals surface area contributed by atoms with Crippen LogP contribution in [0.5, 0.6) is 11.5 Å². The van der Waals surface area contributed by atoms with Crippen LogP contribution in [0.25, 0.3) is 11.0 Å². The van der Waals surface area contributed by atoms with Gasteiger partial charge in [0.25, 0.3) is 17.4 Å². The number of amides is 2. The molecule has 3 aromatic rings. The Labute approximate surface area is 200 Å². The van der Waals surface area contributed by atoms with Crippen molar-refractivity contribution in [2.24, 2.45) is 7.05 Å². The number of ether oxygens (including phenoxy) is 2. The molecule has 0 spiro atoms. The minimum atomic E-state index is -0.728. The van der Waals surface area contributed by atoms with Gasteiger partial charge in [0, 0.05) is 53.5 Å². The highest BCUT2D eigenvalue weighted by Crippen LogP contribution is 2.27. The van der Waals surface area contributed by atoms with Crippen LogP contribution in [0.3, 0.4) is 0 Å². The number of aromatic nitrogens is 2. The number of likely N-dealkylation sites (N-methyl/N-ethyl adjacent to an activating group) is 1. The number of pyridine rings is 2. The van der Waals surface area contributed by atoms with E-state index in [9.17, 15) is 23.9 Å². The lowest BCUT2D eigenvalue weighted by Gasteiger charge is -2.15. The second-order valence-electron chi connectivity index (χ2n) is 8.05. The molecule has 0 saturated heterocycles. The van der Waals surface area contributed by atoms with Crippen LogP contribution in [0.15, 0.2) is 35.3 Å². The van der Waals surface area contributed by atoms with Crippen molar-refractivity contribution in [2.45, 2.75) is 6.42 Å². The predicted octanol–water partition coefficient (Wildman–Crippen LogP) is 1.21. The SMILES string of the molecule is COCCNC(=O)c1c(O)c2ncc(Cc3ccc(F)cc3OCC(=O)N(C)C)cc2n(C)c1=O. The number of carbonyl (C=O) groups is 2. The molecule has 3 rings (SSSR count). The van der Waals surface area contributed by atoms with Crippen LogP contribution in [0, 0.1) is 5.82 Å². The quantitative estimate of drug-likeness (QED) is 0.436. The van der Waals surface area contributed by atoms with E-state index in [1.807, 2.05) is 0 Å². The molecule has 10 nitrogen and oxygen atoms in total. The van der Waals surface area contributed by atoms with Crippen molar-refractivity contribution >= 4 is 22.8 Å². The molecule has 1 aromatic carbocycles. The van der Waals surface area contributed by atoms with Gasteiger partial charge in [-0.25, -0.2) is 4.39 Å². The Balaban J connectivity index is 1.94. The zero-order valence-corrected chi connectivity index (χ0v) is 19.9. The van der Waals surface area contributed by atoms with Gasteiger partial charge in [0.1, 0.15) is 22.6 Å². The van der Waals surface area contributed by atoms with Crippen LogP contribution in [0.2, 0.25) is 0 Å². The third-order valence-electron chi connectivity index (χ3n) is 5.36. The van der Waals surface area contributed by atoms with Crippen LogP contribution < -0.4 is 15.6 Å². The highest BCUT2D eigenvalue weighted by Gasteiger charge is 2.22. The van der Waals surface area contributed by atoms with Gasteiger partial charge in [0.2, 0.25) is 0 Å². The fraction of sp³-hybridized carbons (Fsp3) is 0.333. The number of nitrogens with zero attached hydrogens (tertiary/aromatic N) is 3. The average Bonchev–Trinajstić information content (AvgIpc) is 2.82. The van der Waals surface area contributed by atoms with Gasteiger partial charge in [0.15, 0.2) is 12.4 Å². The number of aryl methyl sites for hydroxylation is 1. The summed E-state index contributed by atoms with van der Waals surface area (Å²) in [6.45, 7) is 0.169. The summed E-state index contributed by atoms with van der Waals surface area (Å²) in [5, 5.41) is 13.2. The largest absolute Gasteiger partial charge is 0.505 e. The number of nitrogens with one attached hydrogen (secondary N) is 1. The first-order valence-electron chi connectivity index (χ1n) is 10.7. The summed E-state index contributed by atoms with van der Waals surface area (Å²) in [6, 6.07) is 5.66. The predicted molar refractivity (Wildman–Crippen MR) is 126 cm³/mol. The molecule has 0 aliphatic heterocycles. The standard InChI is InChI=1S/C24H27FN4O6/c1-28(2)19(30)13-35-18-11-16(25)6-5-15(18)9-14-10-17-21(27-12-14)22(31)20(24(33)29(17)3)23(32)26-7-8-34-4/h5-6,10-12,31H,7-9,13H2,1-4H3,(H,26,32). The number of rotatable bonds is 9. The molecule has 0 unspecified atom stereocenters. The molecule has 0 fully saturated rings. The third kappa shape index (κ3) is 5.75. The summed E-state index contributed by atoms with van der Waals surface area (Å²) in [7, 11) is 6.13. The molecular formula is C24H27FN4O6. The van der Waals surface area contributed by atoms with Crippen molar-refractivity contribution in [2.75, 3.05) is 41.0 Å². The second-order valence-corrected chi connectivity index (χ2v) is 8.05. The molecule has 0 aliphatic rings. The normalized spacial score (nSPS) is 10.9. The van der Waals surface area contributed by atoms with Crippen molar-refractivity contribution in [3.05, 3.63) is 63.3 Å². The maximum atomic E-state index is 13.8. The van der Waals surface area contributed by atoms with Crippen LogP contribution >= 0.6 is 0 Å². The zero-order chi connectivity index (χ0) is 25.7. The number of hydrogen-bond donors (Lipinski definition) is 2. The Bertz CT molecular complexity index is 1320. The van der Waals surface area contributed by atoms with Gasteiger partial charge in [-0.1, -0.05) is 6.07 Å². The maximum absolute atomic E-state index is 13.8. The summed E-state index contributed by atoms with van der Waals surface area (Å²) in [4.78, 5) is 42.8. The van der Waals surface area contributed by atoms with Crippen LogP contribution in [-0.4, -0.2) is 72.3 Å². The molecule has 186 valence electrons. The second kappa shape index (κ2) is 11.0. The fourth-order valence-corrected chi connectivity index (χ4v) is 3.38. The van der Waals surface area contributed by atoms with E-state index in [0.29, 0.717) is 16.6 Å². The van der Waals surface area contributed by atoms with Gasteiger partial charge in [0.05, 0.1) is 12.1 Å². The zero-order valence-electron chi connectivity index (χ0n) is 19.9. The molecule has 11 heteroatoms. The van der Waals surface area contributed by atoms with Gasteiger partial charge in [-0.05, 0) is 23.3 Å². The number of halogens is 1. The number of fused-ring (bicyclic) bond motifs is 1. The molecular weight excluding hydrogens is 459 g/mol. The molecule has 2 aromatic heterocycles. The molecule has 0 radical (unpaired) electrons. The first kappa shape index (κ1) is 25.6. The van der Waals surface area contributed by atoms with E-state index in [1.165, 1.54) is 42.0 Å². The van der Waals surface area contributed by atoms with Crippen LogP contribution in [0.1, 0.15) is 21.5 Å². The van der Waals surface area contributed by atoms with Crippen molar-refractivity contribution < 1.29 is 28.6 Å². The Morgan fingerprint density at radius 1 is 1.26 bits per heavy atom. The maximum Gasteiger partial charge on any atom is 0.267 e. The van der Waals surface area contributed by atoms with Crippen molar-refractivity contribution in [1.82, 2.24) is 19.8 Å². The van der Waals surface area contributed by atoms with Crippen LogP contribution in [0.4, 0.5) is 4.39 Å². The average molecular weight is 487 g/mol. The molecule has 35 heavy (non-hydrogen) atoms. The van der Waals surface area contributed by atoms with Crippen molar-refractivity contribution in [3.63, 3.8) is 0 Å². The summed E-state index contributed by atoms with van der Waals surface area (Å²) in [5.74, 6) is -1.83.